The zero-order valence-corrected chi connectivity index (χ0v) is 14.7. The second kappa shape index (κ2) is 8.65. The lowest BCUT2D eigenvalue weighted by atomic mass is 9.88. The SMILES string of the molecule is O=C(/C=C/CN1CCCC1)NC1CCN(C(=O)C2CCCCC2)C1. The van der Waals surface area contributed by atoms with Crippen LogP contribution < -0.4 is 5.32 Å². The summed E-state index contributed by atoms with van der Waals surface area (Å²) in [5.74, 6) is 0.524. The molecule has 3 fully saturated rings. The van der Waals surface area contributed by atoms with Crippen molar-refractivity contribution in [2.75, 3.05) is 32.7 Å². The van der Waals surface area contributed by atoms with Crippen molar-refractivity contribution in [1.29, 1.82) is 0 Å². The van der Waals surface area contributed by atoms with E-state index in [1.165, 1.54) is 32.1 Å². The van der Waals surface area contributed by atoms with Gasteiger partial charge in [0.15, 0.2) is 0 Å². The highest BCUT2D eigenvalue weighted by Crippen LogP contribution is 2.26. The molecule has 0 spiro atoms. The minimum atomic E-state index is -0.0221. The maximum atomic E-state index is 12.5. The van der Waals surface area contributed by atoms with Crippen molar-refractivity contribution in [2.45, 2.75) is 57.4 Å². The van der Waals surface area contributed by atoms with Gasteiger partial charge < -0.3 is 10.2 Å². The van der Waals surface area contributed by atoms with Crippen LogP contribution in [-0.2, 0) is 9.59 Å². The number of nitrogens with zero attached hydrogens (tertiary/aromatic N) is 2. The lowest BCUT2D eigenvalue weighted by Crippen LogP contribution is -2.40. The molecule has 3 aliphatic rings. The fourth-order valence-electron chi connectivity index (χ4n) is 4.21. The van der Waals surface area contributed by atoms with Crippen LogP contribution >= 0.6 is 0 Å². The van der Waals surface area contributed by atoms with E-state index in [1.54, 1.807) is 6.08 Å². The van der Waals surface area contributed by atoms with Crippen LogP contribution in [0.1, 0.15) is 51.4 Å². The monoisotopic (exact) mass is 333 g/mol. The fraction of sp³-hybridized carbons (Fsp3) is 0.789. The van der Waals surface area contributed by atoms with E-state index in [2.05, 4.69) is 10.2 Å². The highest BCUT2D eigenvalue weighted by molar-refractivity contribution is 5.88. The summed E-state index contributed by atoms with van der Waals surface area (Å²) in [7, 11) is 0. The van der Waals surface area contributed by atoms with Gasteiger partial charge in [-0.2, -0.15) is 0 Å². The quantitative estimate of drug-likeness (QED) is 0.782. The van der Waals surface area contributed by atoms with Crippen molar-refractivity contribution in [1.82, 2.24) is 15.1 Å². The average molecular weight is 333 g/mol. The van der Waals surface area contributed by atoms with Crippen LogP contribution in [0.25, 0.3) is 0 Å². The van der Waals surface area contributed by atoms with Gasteiger partial charge in [0.1, 0.15) is 0 Å². The summed E-state index contributed by atoms with van der Waals surface area (Å²) in [6, 6.07) is 0.112. The Morgan fingerprint density at radius 1 is 0.958 bits per heavy atom. The van der Waals surface area contributed by atoms with Gasteiger partial charge in [-0.25, -0.2) is 0 Å². The number of carbonyl (C=O) groups excluding carboxylic acids is 2. The zero-order valence-electron chi connectivity index (χ0n) is 14.7. The summed E-state index contributed by atoms with van der Waals surface area (Å²) in [6.07, 6.45) is 12.8. The predicted octanol–water partition coefficient (Wildman–Crippen LogP) is 1.94. The summed E-state index contributed by atoms with van der Waals surface area (Å²) >= 11 is 0. The molecule has 0 bridgehead atoms. The van der Waals surface area contributed by atoms with Gasteiger partial charge in [-0.3, -0.25) is 14.5 Å². The minimum Gasteiger partial charge on any atom is -0.348 e. The Morgan fingerprint density at radius 2 is 1.71 bits per heavy atom. The molecule has 3 rings (SSSR count). The van der Waals surface area contributed by atoms with Crippen molar-refractivity contribution in [3.63, 3.8) is 0 Å². The van der Waals surface area contributed by atoms with Crippen LogP contribution in [0.5, 0.6) is 0 Å². The molecular weight excluding hydrogens is 302 g/mol. The molecule has 2 heterocycles. The molecule has 1 N–H and O–H groups in total. The second-order valence-corrected chi connectivity index (χ2v) is 7.52. The molecule has 0 radical (unpaired) electrons. The molecule has 1 aliphatic carbocycles. The first-order chi connectivity index (χ1) is 11.7. The van der Waals surface area contributed by atoms with E-state index in [9.17, 15) is 9.59 Å². The van der Waals surface area contributed by atoms with Crippen molar-refractivity contribution in [3.8, 4) is 0 Å². The first kappa shape index (κ1) is 17.5. The molecule has 5 heteroatoms. The van der Waals surface area contributed by atoms with Crippen LogP contribution in [0.3, 0.4) is 0 Å². The second-order valence-electron chi connectivity index (χ2n) is 7.52. The van der Waals surface area contributed by atoms with Gasteiger partial charge in [-0.1, -0.05) is 25.3 Å². The highest BCUT2D eigenvalue weighted by Gasteiger charge is 2.31. The summed E-state index contributed by atoms with van der Waals surface area (Å²) in [4.78, 5) is 28.9. The molecule has 2 amide bonds. The molecule has 0 aromatic heterocycles. The molecule has 1 saturated carbocycles. The number of hydrogen-bond donors (Lipinski definition) is 1. The molecular formula is C19H31N3O2. The Hall–Kier alpha value is -1.36. The van der Waals surface area contributed by atoms with Gasteiger partial charge in [0.2, 0.25) is 11.8 Å². The van der Waals surface area contributed by atoms with Crippen molar-refractivity contribution in [3.05, 3.63) is 12.2 Å². The standard InChI is InChI=1S/C19H31N3O2/c23-18(9-6-13-21-11-4-5-12-21)20-17-10-14-22(15-17)19(24)16-7-2-1-3-8-16/h6,9,16-17H,1-5,7-8,10-15H2,(H,20,23)/b9-6+. The molecule has 24 heavy (non-hydrogen) atoms. The minimum absolute atomic E-state index is 0.0221. The molecule has 1 unspecified atom stereocenters. The van der Waals surface area contributed by atoms with Crippen molar-refractivity contribution in [2.24, 2.45) is 5.92 Å². The Morgan fingerprint density at radius 3 is 2.46 bits per heavy atom. The third-order valence-electron chi connectivity index (χ3n) is 5.63. The Kier molecular flexibility index (Phi) is 6.30. The first-order valence-electron chi connectivity index (χ1n) is 9.70. The van der Waals surface area contributed by atoms with Crippen LogP contribution in [0.2, 0.25) is 0 Å². The predicted molar refractivity (Wildman–Crippen MR) is 94.5 cm³/mol. The summed E-state index contributed by atoms with van der Waals surface area (Å²) < 4.78 is 0. The number of amides is 2. The van der Waals surface area contributed by atoms with Crippen LogP contribution in [0.4, 0.5) is 0 Å². The number of hydrogen-bond acceptors (Lipinski definition) is 3. The Labute approximate surface area is 145 Å². The molecule has 0 aromatic rings. The van der Waals surface area contributed by atoms with E-state index >= 15 is 0 Å². The lowest BCUT2D eigenvalue weighted by Gasteiger charge is -2.26. The van der Waals surface area contributed by atoms with Crippen molar-refractivity contribution < 1.29 is 9.59 Å². The van der Waals surface area contributed by atoms with E-state index in [0.29, 0.717) is 12.5 Å². The highest BCUT2D eigenvalue weighted by atomic mass is 16.2. The first-order valence-corrected chi connectivity index (χ1v) is 9.70. The van der Waals surface area contributed by atoms with Gasteiger partial charge in [-0.15, -0.1) is 0 Å². The van der Waals surface area contributed by atoms with E-state index < -0.39 is 0 Å². The summed E-state index contributed by atoms with van der Waals surface area (Å²) in [6.45, 7) is 4.63. The smallest absolute Gasteiger partial charge is 0.243 e. The molecule has 0 aromatic carbocycles. The molecule has 134 valence electrons. The number of carbonyl (C=O) groups is 2. The topological polar surface area (TPSA) is 52.7 Å². The van der Waals surface area contributed by atoms with Gasteiger partial charge in [0.25, 0.3) is 0 Å². The fourth-order valence-corrected chi connectivity index (χ4v) is 4.21. The molecule has 5 nitrogen and oxygen atoms in total. The Balaban J connectivity index is 1.37. The van der Waals surface area contributed by atoms with E-state index in [1.807, 2.05) is 11.0 Å². The normalized spacial score (nSPS) is 26.3. The van der Waals surface area contributed by atoms with Crippen LogP contribution in [0, 0.1) is 5.92 Å². The molecule has 2 aliphatic heterocycles. The van der Waals surface area contributed by atoms with Crippen LogP contribution in [0.15, 0.2) is 12.2 Å². The maximum absolute atomic E-state index is 12.5. The van der Waals surface area contributed by atoms with Crippen molar-refractivity contribution >= 4 is 11.8 Å². The average Bonchev–Trinajstić information content (AvgIpc) is 3.27. The number of nitrogens with one attached hydrogen (secondary N) is 1. The Bertz CT molecular complexity index is 465. The number of rotatable bonds is 5. The third kappa shape index (κ3) is 4.82. The largest absolute Gasteiger partial charge is 0.348 e. The van der Waals surface area contributed by atoms with Gasteiger partial charge >= 0.3 is 0 Å². The number of likely N-dealkylation sites (tertiary alicyclic amines) is 2. The van der Waals surface area contributed by atoms with Gasteiger partial charge in [0, 0.05) is 37.7 Å². The van der Waals surface area contributed by atoms with E-state index in [4.69, 9.17) is 0 Å². The molecule has 1 atom stereocenters. The molecule has 2 saturated heterocycles. The van der Waals surface area contributed by atoms with Gasteiger partial charge in [-0.05, 0) is 45.2 Å². The maximum Gasteiger partial charge on any atom is 0.243 e. The summed E-state index contributed by atoms with van der Waals surface area (Å²) in [5.41, 5.74) is 0. The van der Waals surface area contributed by atoms with Gasteiger partial charge in [0.05, 0.1) is 0 Å². The third-order valence-corrected chi connectivity index (χ3v) is 5.63. The lowest BCUT2D eigenvalue weighted by molar-refractivity contribution is -0.135. The summed E-state index contributed by atoms with van der Waals surface area (Å²) in [5, 5.41) is 3.05. The van der Waals surface area contributed by atoms with E-state index in [0.717, 1.165) is 45.4 Å². The van der Waals surface area contributed by atoms with Crippen LogP contribution in [-0.4, -0.2) is 60.4 Å². The zero-order chi connectivity index (χ0) is 16.8. The van der Waals surface area contributed by atoms with E-state index in [-0.39, 0.29) is 17.9 Å².